The van der Waals surface area contributed by atoms with Gasteiger partial charge in [-0.15, -0.1) is 4.99 Å². The smallest absolute Gasteiger partial charge is 0.208 e. The standard InChI is InChI=1S/C12H21N3S/c1-3-5-11-6-4-8-15(9-7-11)12(16-2)14-10-13/h11H,3-9H2,1-2H3. The Kier molecular flexibility index (Phi) is 6.32. The van der Waals surface area contributed by atoms with Crippen LogP contribution in [0, 0.1) is 17.4 Å². The maximum atomic E-state index is 8.63. The normalized spacial score (nSPS) is 22.7. The summed E-state index contributed by atoms with van der Waals surface area (Å²) in [6.07, 6.45) is 10.3. The summed E-state index contributed by atoms with van der Waals surface area (Å²) >= 11 is 1.58. The van der Waals surface area contributed by atoms with E-state index in [-0.39, 0.29) is 0 Å². The molecule has 0 aromatic rings. The first-order chi connectivity index (χ1) is 7.81. The highest BCUT2D eigenvalue weighted by Gasteiger charge is 2.18. The van der Waals surface area contributed by atoms with Gasteiger partial charge in [0.25, 0.3) is 0 Å². The fourth-order valence-electron chi connectivity index (χ4n) is 2.34. The number of rotatable bonds is 2. The van der Waals surface area contributed by atoms with Crippen LogP contribution in [0.5, 0.6) is 0 Å². The molecule has 1 unspecified atom stereocenters. The maximum absolute atomic E-state index is 8.63. The molecule has 0 amide bonds. The minimum absolute atomic E-state index is 0.875. The Bertz CT molecular complexity index is 270. The lowest BCUT2D eigenvalue weighted by Crippen LogP contribution is -2.29. The molecule has 1 atom stereocenters. The summed E-state index contributed by atoms with van der Waals surface area (Å²) in [5, 5.41) is 9.52. The van der Waals surface area contributed by atoms with E-state index < -0.39 is 0 Å². The van der Waals surface area contributed by atoms with E-state index in [2.05, 4.69) is 16.8 Å². The first-order valence-corrected chi connectivity index (χ1v) is 7.30. The molecule has 1 heterocycles. The molecule has 0 saturated carbocycles. The van der Waals surface area contributed by atoms with Crippen molar-refractivity contribution in [2.75, 3.05) is 19.3 Å². The van der Waals surface area contributed by atoms with Gasteiger partial charge in [-0.05, 0) is 31.4 Å². The Morgan fingerprint density at radius 2 is 2.31 bits per heavy atom. The lowest BCUT2D eigenvalue weighted by Gasteiger charge is -2.22. The highest BCUT2D eigenvalue weighted by Crippen LogP contribution is 2.23. The number of hydrogen-bond acceptors (Lipinski definition) is 3. The maximum Gasteiger partial charge on any atom is 0.208 e. The molecule has 1 saturated heterocycles. The summed E-state index contributed by atoms with van der Waals surface area (Å²) in [6, 6.07) is 0. The van der Waals surface area contributed by atoms with E-state index in [9.17, 15) is 0 Å². The highest BCUT2D eigenvalue weighted by molar-refractivity contribution is 8.13. The molecule has 0 bridgehead atoms. The molecule has 90 valence electrons. The molecule has 0 aliphatic carbocycles. The molecular weight excluding hydrogens is 218 g/mol. The highest BCUT2D eigenvalue weighted by atomic mass is 32.2. The van der Waals surface area contributed by atoms with Gasteiger partial charge in [0.15, 0.2) is 5.17 Å². The topological polar surface area (TPSA) is 39.4 Å². The minimum Gasteiger partial charge on any atom is -0.351 e. The summed E-state index contributed by atoms with van der Waals surface area (Å²) < 4.78 is 0. The first kappa shape index (κ1) is 13.4. The third-order valence-electron chi connectivity index (χ3n) is 3.14. The zero-order valence-corrected chi connectivity index (χ0v) is 11.1. The van der Waals surface area contributed by atoms with Crippen LogP contribution in [0.25, 0.3) is 0 Å². The number of amidine groups is 1. The van der Waals surface area contributed by atoms with E-state index in [0.29, 0.717) is 0 Å². The van der Waals surface area contributed by atoms with Crippen LogP contribution >= 0.6 is 11.8 Å². The summed E-state index contributed by atoms with van der Waals surface area (Å²) in [5.74, 6) is 0.875. The molecule has 0 N–H and O–H groups in total. The van der Waals surface area contributed by atoms with Crippen molar-refractivity contribution in [3.63, 3.8) is 0 Å². The molecule has 0 aromatic heterocycles. The first-order valence-electron chi connectivity index (χ1n) is 6.07. The van der Waals surface area contributed by atoms with Gasteiger partial charge >= 0.3 is 0 Å². The van der Waals surface area contributed by atoms with E-state index in [1.165, 1.54) is 32.1 Å². The Balaban J connectivity index is 2.52. The van der Waals surface area contributed by atoms with E-state index in [1.807, 2.05) is 12.4 Å². The predicted octanol–water partition coefficient (Wildman–Crippen LogP) is 3.09. The molecule has 16 heavy (non-hydrogen) atoms. The second-order valence-electron chi connectivity index (χ2n) is 4.27. The SMILES string of the molecule is CCCC1CCCN(C(=NC#N)SC)CC1. The number of aliphatic imine (C=N–C) groups is 1. The van der Waals surface area contributed by atoms with Crippen LogP contribution < -0.4 is 0 Å². The van der Waals surface area contributed by atoms with Crippen molar-refractivity contribution in [2.24, 2.45) is 10.9 Å². The van der Waals surface area contributed by atoms with Crippen molar-refractivity contribution in [2.45, 2.75) is 39.0 Å². The predicted molar refractivity (Wildman–Crippen MR) is 70.4 cm³/mol. The number of nitriles is 1. The van der Waals surface area contributed by atoms with Crippen molar-refractivity contribution < 1.29 is 0 Å². The van der Waals surface area contributed by atoms with Gasteiger partial charge in [0.1, 0.15) is 0 Å². The molecule has 0 radical (unpaired) electrons. The molecule has 1 fully saturated rings. The summed E-state index contributed by atoms with van der Waals surface area (Å²) in [7, 11) is 0. The molecule has 3 nitrogen and oxygen atoms in total. The Labute approximate surface area is 103 Å². The molecule has 1 aliphatic heterocycles. The van der Waals surface area contributed by atoms with Crippen molar-refractivity contribution >= 4 is 16.9 Å². The Hall–Kier alpha value is -0.690. The van der Waals surface area contributed by atoms with Crippen LogP contribution in [0.15, 0.2) is 4.99 Å². The average molecular weight is 239 g/mol. The van der Waals surface area contributed by atoms with Crippen LogP contribution in [0.4, 0.5) is 0 Å². The van der Waals surface area contributed by atoms with Crippen LogP contribution in [-0.2, 0) is 0 Å². The van der Waals surface area contributed by atoms with Gasteiger partial charge < -0.3 is 4.90 Å². The summed E-state index contributed by atoms with van der Waals surface area (Å²) in [6.45, 7) is 4.38. The lowest BCUT2D eigenvalue weighted by molar-refractivity contribution is 0.406. The van der Waals surface area contributed by atoms with Crippen molar-refractivity contribution in [3.05, 3.63) is 0 Å². The quantitative estimate of drug-likeness (QED) is 0.422. The molecule has 1 rings (SSSR count). The Morgan fingerprint density at radius 3 is 2.94 bits per heavy atom. The second kappa shape index (κ2) is 7.56. The zero-order chi connectivity index (χ0) is 11.8. The molecule has 0 spiro atoms. The van der Waals surface area contributed by atoms with E-state index in [4.69, 9.17) is 5.26 Å². The van der Waals surface area contributed by atoms with Crippen LogP contribution in [-0.4, -0.2) is 29.4 Å². The van der Waals surface area contributed by atoms with Gasteiger partial charge in [0, 0.05) is 13.1 Å². The van der Waals surface area contributed by atoms with Gasteiger partial charge in [0.05, 0.1) is 0 Å². The molecule has 4 heteroatoms. The average Bonchev–Trinajstić information content (AvgIpc) is 2.52. The van der Waals surface area contributed by atoms with Gasteiger partial charge in [-0.1, -0.05) is 31.5 Å². The van der Waals surface area contributed by atoms with Crippen molar-refractivity contribution in [3.8, 4) is 6.19 Å². The lowest BCUT2D eigenvalue weighted by atomic mass is 9.96. The fraction of sp³-hybridized carbons (Fsp3) is 0.833. The number of hydrogen-bond donors (Lipinski definition) is 0. The largest absolute Gasteiger partial charge is 0.351 e. The van der Waals surface area contributed by atoms with Gasteiger partial charge in [-0.25, -0.2) is 0 Å². The van der Waals surface area contributed by atoms with E-state index >= 15 is 0 Å². The zero-order valence-electron chi connectivity index (χ0n) is 10.3. The number of thioether (sulfide) groups is 1. The summed E-state index contributed by atoms with van der Waals surface area (Å²) in [5.41, 5.74) is 0. The van der Waals surface area contributed by atoms with Gasteiger partial charge in [-0.2, -0.15) is 5.26 Å². The fourth-order valence-corrected chi connectivity index (χ4v) is 2.91. The Morgan fingerprint density at radius 1 is 1.50 bits per heavy atom. The summed E-state index contributed by atoms with van der Waals surface area (Å²) in [4.78, 5) is 6.16. The number of likely N-dealkylation sites (tertiary alicyclic amines) is 1. The molecular formula is C12H21N3S. The van der Waals surface area contributed by atoms with Crippen molar-refractivity contribution in [1.29, 1.82) is 5.26 Å². The minimum atomic E-state index is 0.875. The van der Waals surface area contributed by atoms with Crippen molar-refractivity contribution in [1.82, 2.24) is 4.90 Å². The third-order valence-corrected chi connectivity index (χ3v) is 3.86. The monoisotopic (exact) mass is 239 g/mol. The van der Waals surface area contributed by atoms with Crippen LogP contribution in [0.1, 0.15) is 39.0 Å². The number of nitrogens with zero attached hydrogens (tertiary/aromatic N) is 3. The second-order valence-corrected chi connectivity index (χ2v) is 5.04. The van der Waals surface area contributed by atoms with E-state index in [0.717, 1.165) is 24.2 Å². The molecule has 1 aliphatic rings. The van der Waals surface area contributed by atoms with Crippen LogP contribution in [0.3, 0.4) is 0 Å². The van der Waals surface area contributed by atoms with Gasteiger partial charge in [-0.3, -0.25) is 0 Å². The van der Waals surface area contributed by atoms with Gasteiger partial charge in [0.2, 0.25) is 6.19 Å². The van der Waals surface area contributed by atoms with Crippen LogP contribution in [0.2, 0.25) is 0 Å². The third kappa shape index (κ3) is 4.05. The van der Waals surface area contributed by atoms with E-state index in [1.54, 1.807) is 11.8 Å². The molecule has 0 aromatic carbocycles.